The van der Waals surface area contributed by atoms with Crippen molar-refractivity contribution < 1.29 is 186 Å². The quantitative estimate of drug-likeness (QED) is 0.0307. The third kappa shape index (κ3) is 37.7. The van der Waals surface area contributed by atoms with Crippen LogP contribution >= 0.6 is 38.9 Å². The van der Waals surface area contributed by atoms with E-state index in [1.54, 1.807) is 20.8 Å². The van der Waals surface area contributed by atoms with Gasteiger partial charge in [0.15, 0.2) is 18.9 Å². The summed E-state index contributed by atoms with van der Waals surface area (Å²) in [6.45, 7) is 3.62. The van der Waals surface area contributed by atoms with E-state index in [0.717, 1.165) is 0 Å². The number of nitrogens with one attached hydrogen (secondary N) is 1. The average Bonchev–Trinajstić information content (AvgIpc) is 1.12. The molecular formula is C63H124NO39P5. The number of hydrogen-bond acceptors (Lipinski definition) is 34. The number of hydrogen-bond donors (Lipinski definition) is 15. The summed E-state index contributed by atoms with van der Waals surface area (Å²) in [5, 5.41) is 92.5. The van der Waals surface area contributed by atoms with E-state index < -0.39 is 206 Å². The van der Waals surface area contributed by atoms with Crippen molar-refractivity contribution in [2.45, 2.75) is 248 Å². The monoisotopic (exact) mass is 1670 g/mol. The lowest BCUT2D eigenvalue weighted by Gasteiger charge is -2.42. The summed E-state index contributed by atoms with van der Waals surface area (Å²) >= 11 is 0. The molecule has 108 heavy (non-hydrogen) atoms. The Labute approximate surface area is 631 Å². The molecule has 0 aromatic heterocycles. The Hall–Kier alpha value is -0.700. The van der Waals surface area contributed by atoms with Crippen molar-refractivity contribution in [1.82, 2.24) is 5.32 Å². The first-order chi connectivity index (χ1) is 51.0. The topological polar surface area (TPSA) is 573 Å². The molecule has 0 spiro atoms. The van der Waals surface area contributed by atoms with Gasteiger partial charge in [0.1, 0.15) is 54.9 Å². The normalized spacial score (nSPS) is 31.2. The van der Waals surface area contributed by atoms with E-state index in [-0.39, 0.29) is 118 Å². The highest BCUT2D eigenvalue weighted by molar-refractivity contribution is 7.53. The molecule has 4 saturated heterocycles. The second-order valence-corrected chi connectivity index (χ2v) is 35.8. The van der Waals surface area contributed by atoms with Gasteiger partial charge in [-0.1, -0.05) is 66.2 Å². The standard InChI is InChI=1S/C63H124NO39P5/c1-43(2)104(75,76)103-48-34-44(3)99-52(48)38-97-108(83,84)98-42-63(39-85-22-19-31-94-105(77,78)91-28-16-10-7-13-25-88-60-45(4)54(69)56(71)49(35-65)100-60,40-86-23-20-32-95-106(79,80)92-29-17-11-8-14-26-89-61-46(5)55(70)57(72)50(36-66)101-61)41-87-24-21-33-96-107(81,82)93-30-18-12-9-15-27-90-62-53(64-47(6)68)59(74)58(73)51(37-67)102-62/h43-46,48-62,65-67,69-74H,7-42H2,1-6H3,(H,64,68)(H,75,76)(H,77,78)(H,79,80)(H,81,82)(H,83,84)/t44-,45?,46?,48-,49?,50?,51?,52+,53?,54+,55+,56-,57-,58-,59+,60+,61+,62+,63?/m0/s1. The van der Waals surface area contributed by atoms with E-state index in [4.69, 9.17) is 88.1 Å². The van der Waals surface area contributed by atoms with Gasteiger partial charge in [-0.05, 0) is 64.7 Å². The summed E-state index contributed by atoms with van der Waals surface area (Å²) in [7, 11) is -22.9. The molecule has 45 heteroatoms. The molecule has 40 nitrogen and oxygen atoms in total. The molecule has 11 unspecified atom stereocenters. The molecule has 15 N–H and O–H groups in total. The first-order valence-corrected chi connectivity index (χ1v) is 44.5. The maximum absolute atomic E-state index is 13.8. The van der Waals surface area contributed by atoms with E-state index in [2.05, 4.69) is 5.32 Å². The van der Waals surface area contributed by atoms with Crippen LogP contribution < -0.4 is 5.32 Å². The highest BCUT2D eigenvalue weighted by Crippen LogP contribution is 2.52. The van der Waals surface area contributed by atoms with Crippen molar-refractivity contribution in [3.8, 4) is 0 Å². The van der Waals surface area contributed by atoms with Crippen LogP contribution in [0.15, 0.2) is 0 Å². The lowest BCUT2D eigenvalue weighted by molar-refractivity contribution is -0.282. The molecule has 4 aliphatic heterocycles. The highest BCUT2D eigenvalue weighted by atomic mass is 31.2. The zero-order chi connectivity index (χ0) is 80.1. The molecule has 0 aliphatic carbocycles. The second kappa shape index (κ2) is 51.5. The van der Waals surface area contributed by atoms with Crippen LogP contribution in [-0.4, -0.2) is 312 Å². The molecule has 640 valence electrons. The van der Waals surface area contributed by atoms with Crippen molar-refractivity contribution >= 4 is 44.8 Å². The zero-order valence-corrected chi connectivity index (χ0v) is 67.1. The molecule has 4 fully saturated rings. The van der Waals surface area contributed by atoms with E-state index >= 15 is 0 Å². The lowest BCUT2D eigenvalue weighted by Crippen LogP contribution is -2.64. The molecule has 1 amide bonds. The predicted molar refractivity (Wildman–Crippen MR) is 377 cm³/mol. The minimum absolute atomic E-state index is 0.00823. The van der Waals surface area contributed by atoms with Gasteiger partial charge in [0.25, 0.3) is 0 Å². The zero-order valence-electron chi connectivity index (χ0n) is 62.6. The lowest BCUT2D eigenvalue weighted by atomic mass is 9.92. The van der Waals surface area contributed by atoms with Gasteiger partial charge in [-0.25, -0.2) is 18.3 Å². The van der Waals surface area contributed by atoms with Crippen LogP contribution in [-0.2, 0) is 116 Å². The smallest absolute Gasteiger partial charge is 0.394 e. The predicted octanol–water partition coefficient (Wildman–Crippen LogP) is 2.71. The van der Waals surface area contributed by atoms with E-state index in [1.807, 2.05) is 0 Å². The Balaban J connectivity index is 1.34. The van der Waals surface area contributed by atoms with Crippen molar-refractivity contribution in [2.24, 2.45) is 17.3 Å². The number of aliphatic hydroxyl groups is 9. The molecule has 0 aromatic rings. The minimum Gasteiger partial charge on any atom is -0.394 e. The van der Waals surface area contributed by atoms with E-state index in [0.29, 0.717) is 77.0 Å². The molecule has 0 radical (unpaired) electrons. The number of amides is 1. The van der Waals surface area contributed by atoms with Crippen molar-refractivity contribution in [3.05, 3.63) is 0 Å². The van der Waals surface area contributed by atoms with Gasteiger partial charge in [-0.3, -0.25) is 45.5 Å². The van der Waals surface area contributed by atoms with Gasteiger partial charge in [0.2, 0.25) is 5.91 Å². The summed E-state index contributed by atoms with van der Waals surface area (Å²) < 4.78 is 170. The fraction of sp³-hybridized carbons (Fsp3) is 0.984. The third-order valence-corrected chi connectivity index (χ3v) is 23.8. The Morgan fingerprint density at radius 3 is 1.11 bits per heavy atom. The summed E-state index contributed by atoms with van der Waals surface area (Å²) in [5.74, 6) is -1.61. The average molecular weight is 1670 g/mol. The molecule has 0 bridgehead atoms. The number of carbonyl (C=O) groups is 1. The molecule has 4 heterocycles. The first-order valence-electron chi connectivity index (χ1n) is 36.9. The van der Waals surface area contributed by atoms with Crippen LogP contribution in [0.2, 0.25) is 0 Å². The van der Waals surface area contributed by atoms with Crippen LogP contribution in [0.5, 0.6) is 0 Å². The Kier molecular flexibility index (Phi) is 47.5. The molecule has 0 aromatic carbocycles. The fourth-order valence-corrected chi connectivity index (χ4v) is 15.5. The van der Waals surface area contributed by atoms with Gasteiger partial charge in [0, 0.05) is 64.8 Å². The van der Waals surface area contributed by atoms with Crippen LogP contribution in [0.3, 0.4) is 0 Å². The van der Waals surface area contributed by atoms with Gasteiger partial charge < -0.3 is 128 Å². The van der Waals surface area contributed by atoms with E-state index in [9.17, 15) is 98.0 Å². The molecule has 4 aliphatic rings. The number of aliphatic hydroxyl groups excluding tert-OH is 9. The van der Waals surface area contributed by atoms with Gasteiger partial charge >= 0.3 is 38.9 Å². The summed E-state index contributed by atoms with van der Waals surface area (Å²) in [5.41, 5.74) is -2.34. The number of rotatable bonds is 61. The Morgan fingerprint density at radius 2 is 0.750 bits per heavy atom. The van der Waals surface area contributed by atoms with Gasteiger partial charge in [-0.15, -0.1) is 0 Å². The fourth-order valence-electron chi connectivity index (χ4n) is 11.4. The number of phosphoric acid groups is 4. The Bertz CT molecular complexity index is 2620. The van der Waals surface area contributed by atoms with Crippen molar-refractivity contribution in [2.75, 3.05) is 132 Å². The number of carbonyl (C=O) groups excluding carboxylic acids is 1. The van der Waals surface area contributed by atoms with Crippen LogP contribution in [0, 0.1) is 17.3 Å². The SMILES string of the molecule is CC(=O)NC1[C@H](OCCCCCCOP(=O)(O)OCCCOCC(COCCCOP(=O)(O)OCCCCCCO[C@@H]2OC(CO)[C@H](O)[C@H](O)C2C)(COCCCOP(=O)(O)OCCCCCCO[C@@H]2OC(CO)[C@H](O)[C@H](O)C2C)COP(=O)(O)OC[C@H]2O[C@@H](C)C[C@@H]2OP(=O)(O)C(C)C)OC(CO)[C@H](O)[C@@H]1O. The van der Waals surface area contributed by atoms with Gasteiger partial charge in [0.05, 0.1) is 128 Å². The summed E-state index contributed by atoms with van der Waals surface area (Å²) in [4.78, 5) is 64.8. The molecule has 0 saturated carbocycles. The maximum atomic E-state index is 13.8. The molecule has 23 atom stereocenters. The van der Waals surface area contributed by atoms with Crippen molar-refractivity contribution in [1.29, 1.82) is 0 Å². The number of ether oxygens (including phenoxy) is 10. The first kappa shape index (κ1) is 99.7. The largest absolute Gasteiger partial charge is 0.472 e. The second-order valence-electron chi connectivity index (χ2n) is 27.6. The summed E-state index contributed by atoms with van der Waals surface area (Å²) in [6, 6.07) is -1.10. The highest BCUT2D eigenvalue weighted by Gasteiger charge is 2.48. The number of unbranched alkanes of at least 4 members (excludes halogenated alkanes) is 9. The van der Waals surface area contributed by atoms with Crippen LogP contribution in [0.25, 0.3) is 0 Å². The van der Waals surface area contributed by atoms with E-state index in [1.165, 1.54) is 20.8 Å². The third-order valence-electron chi connectivity index (χ3n) is 17.9. The number of phosphoric ester groups is 4. The molecule has 4 rings (SSSR count). The minimum atomic E-state index is -5.09. The Morgan fingerprint density at radius 1 is 0.417 bits per heavy atom. The van der Waals surface area contributed by atoms with Crippen LogP contribution in [0.1, 0.15) is 144 Å². The maximum Gasteiger partial charge on any atom is 0.472 e. The van der Waals surface area contributed by atoms with Gasteiger partial charge in [-0.2, -0.15) is 0 Å². The summed E-state index contributed by atoms with van der Waals surface area (Å²) in [6.07, 6.45) is -10.1. The van der Waals surface area contributed by atoms with Crippen molar-refractivity contribution in [3.63, 3.8) is 0 Å². The molecular weight excluding hydrogens is 1550 g/mol. The van der Waals surface area contributed by atoms with Crippen LogP contribution in [0.4, 0.5) is 0 Å².